The van der Waals surface area contributed by atoms with Crippen LogP contribution in [0.1, 0.15) is 23.2 Å². The van der Waals surface area contributed by atoms with Crippen molar-refractivity contribution in [2.45, 2.75) is 12.8 Å². The van der Waals surface area contributed by atoms with Crippen LogP contribution in [0.15, 0.2) is 63.8 Å². The minimum absolute atomic E-state index is 0.0235. The average Bonchev–Trinajstić information content (AvgIpc) is 3.22. The molecule has 28 heavy (non-hydrogen) atoms. The lowest BCUT2D eigenvalue weighted by molar-refractivity contribution is 0.102. The largest absolute Gasteiger partial charge is 0.492 e. The molecule has 1 aliphatic rings. The van der Waals surface area contributed by atoms with Crippen molar-refractivity contribution in [3.63, 3.8) is 0 Å². The molecule has 0 atom stereocenters. The predicted molar refractivity (Wildman–Crippen MR) is 108 cm³/mol. The first-order chi connectivity index (χ1) is 13.7. The highest BCUT2D eigenvalue weighted by Gasteiger charge is 2.14. The summed E-state index contributed by atoms with van der Waals surface area (Å²) < 4.78 is 11.0. The van der Waals surface area contributed by atoms with Crippen molar-refractivity contribution in [1.82, 2.24) is 4.90 Å². The Kier molecular flexibility index (Phi) is 5.39. The van der Waals surface area contributed by atoms with E-state index in [-0.39, 0.29) is 5.56 Å². The second-order valence-corrected chi connectivity index (χ2v) is 6.86. The van der Waals surface area contributed by atoms with Gasteiger partial charge in [0.05, 0.1) is 0 Å². The first-order valence-corrected chi connectivity index (χ1v) is 9.48. The van der Waals surface area contributed by atoms with Gasteiger partial charge in [-0.15, -0.1) is 0 Å². The molecule has 0 unspecified atom stereocenters. The lowest BCUT2D eigenvalue weighted by Crippen LogP contribution is -2.25. The molecule has 1 fully saturated rings. The van der Waals surface area contributed by atoms with Gasteiger partial charge in [0.2, 0.25) is 0 Å². The van der Waals surface area contributed by atoms with Gasteiger partial charge in [-0.2, -0.15) is 0 Å². The number of nitrogens with zero attached hydrogens (tertiary/aromatic N) is 1. The molecule has 1 amide bonds. The molecule has 144 valence electrons. The zero-order valence-electron chi connectivity index (χ0n) is 15.5. The molecule has 3 aromatic rings. The van der Waals surface area contributed by atoms with Crippen molar-refractivity contribution in [3.8, 4) is 5.75 Å². The van der Waals surface area contributed by atoms with Crippen molar-refractivity contribution in [2.24, 2.45) is 0 Å². The minimum Gasteiger partial charge on any atom is -0.492 e. The van der Waals surface area contributed by atoms with Crippen molar-refractivity contribution in [1.29, 1.82) is 0 Å². The van der Waals surface area contributed by atoms with Crippen LogP contribution in [0.25, 0.3) is 11.0 Å². The van der Waals surface area contributed by atoms with Gasteiger partial charge in [-0.25, -0.2) is 4.79 Å². The van der Waals surface area contributed by atoms with E-state index in [1.807, 2.05) is 18.2 Å². The van der Waals surface area contributed by atoms with E-state index in [1.165, 1.54) is 12.8 Å². The third-order valence-electron chi connectivity index (χ3n) is 4.87. The van der Waals surface area contributed by atoms with Crippen molar-refractivity contribution in [3.05, 3.63) is 70.6 Å². The molecule has 0 aliphatic carbocycles. The molecular formula is C22H22N2O4. The molecule has 0 radical (unpaired) electrons. The monoisotopic (exact) mass is 378 g/mol. The molecule has 1 N–H and O–H groups in total. The third-order valence-corrected chi connectivity index (χ3v) is 4.87. The first kappa shape index (κ1) is 18.3. The van der Waals surface area contributed by atoms with Crippen LogP contribution in [0.4, 0.5) is 5.69 Å². The van der Waals surface area contributed by atoms with Gasteiger partial charge < -0.3 is 14.5 Å². The van der Waals surface area contributed by atoms with Crippen LogP contribution in [0, 0.1) is 0 Å². The summed E-state index contributed by atoms with van der Waals surface area (Å²) in [5.41, 5.74) is 0.367. The summed E-state index contributed by atoms with van der Waals surface area (Å²) in [4.78, 5) is 27.0. The lowest BCUT2D eigenvalue weighted by Gasteiger charge is -2.15. The van der Waals surface area contributed by atoms with Crippen molar-refractivity contribution in [2.75, 3.05) is 31.6 Å². The minimum atomic E-state index is -0.655. The van der Waals surface area contributed by atoms with Gasteiger partial charge >= 0.3 is 5.63 Å². The molecule has 2 aromatic carbocycles. The van der Waals surface area contributed by atoms with E-state index in [4.69, 9.17) is 9.15 Å². The molecule has 6 heteroatoms. The summed E-state index contributed by atoms with van der Waals surface area (Å²) in [5.74, 6) is 0.254. The SMILES string of the molecule is O=C(Nc1ccc(OCCN2CCCC2)cc1)c1cc2ccccc2oc1=O. The van der Waals surface area contributed by atoms with E-state index in [1.54, 1.807) is 36.4 Å². The van der Waals surface area contributed by atoms with Crippen LogP contribution >= 0.6 is 0 Å². The third kappa shape index (κ3) is 4.23. The molecule has 0 saturated carbocycles. The zero-order valence-corrected chi connectivity index (χ0v) is 15.5. The molecule has 0 bridgehead atoms. The lowest BCUT2D eigenvalue weighted by atomic mass is 10.1. The first-order valence-electron chi connectivity index (χ1n) is 9.48. The normalized spacial score (nSPS) is 14.3. The van der Waals surface area contributed by atoms with E-state index < -0.39 is 11.5 Å². The number of nitrogens with one attached hydrogen (secondary N) is 1. The van der Waals surface area contributed by atoms with Gasteiger partial charge in [-0.3, -0.25) is 9.69 Å². The van der Waals surface area contributed by atoms with Crippen LogP contribution in [-0.2, 0) is 0 Å². The molecule has 0 spiro atoms. The average molecular weight is 378 g/mol. The van der Waals surface area contributed by atoms with Gasteiger partial charge in [0, 0.05) is 17.6 Å². The van der Waals surface area contributed by atoms with E-state index in [0.29, 0.717) is 23.3 Å². The Morgan fingerprint density at radius 2 is 1.82 bits per heavy atom. The molecule has 1 aliphatic heterocycles. The number of ether oxygens (including phenoxy) is 1. The van der Waals surface area contributed by atoms with Gasteiger partial charge in [0.15, 0.2) is 0 Å². The number of carbonyl (C=O) groups excluding carboxylic acids is 1. The number of carbonyl (C=O) groups is 1. The van der Waals surface area contributed by atoms with Crippen molar-refractivity contribution >= 4 is 22.6 Å². The highest BCUT2D eigenvalue weighted by atomic mass is 16.5. The zero-order chi connectivity index (χ0) is 19.3. The fourth-order valence-corrected chi connectivity index (χ4v) is 3.35. The summed E-state index contributed by atoms with van der Waals surface area (Å²) in [7, 11) is 0. The number of fused-ring (bicyclic) bond motifs is 1. The van der Waals surface area contributed by atoms with Crippen LogP contribution in [-0.4, -0.2) is 37.0 Å². The Labute approximate surface area is 162 Å². The maximum Gasteiger partial charge on any atom is 0.349 e. The van der Waals surface area contributed by atoms with E-state index in [9.17, 15) is 9.59 Å². The number of para-hydroxylation sites is 1. The van der Waals surface area contributed by atoms with Gasteiger partial charge in [0.25, 0.3) is 5.91 Å². The number of rotatable bonds is 6. The maximum atomic E-state index is 12.5. The van der Waals surface area contributed by atoms with Crippen LogP contribution in [0.2, 0.25) is 0 Å². The van der Waals surface area contributed by atoms with E-state index in [0.717, 1.165) is 25.4 Å². The number of likely N-dealkylation sites (tertiary alicyclic amines) is 1. The summed E-state index contributed by atoms with van der Waals surface area (Å²) in [5, 5.41) is 3.43. The smallest absolute Gasteiger partial charge is 0.349 e. The quantitative estimate of drug-likeness (QED) is 0.665. The van der Waals surface area contributed by atoms with Crippen LogP contribution in [0.3, 0.4) is 0 Å². The number of benzene rings is 2. The fourth-order valence-electron chi connectivity index (χ4n) is 3.35. The van der Waals surface area contributed by atoms with Crippen molar-refractivity contribution < 1.29 is 13.9 Å². The highest BCUT2D eigenvalue weighted by molar-refractivity contribution is 6.05. The second-order valence-electron chi connectivity index (χ2n) is 6.86. The molecule has 2 heterocycles. The molecular weight excluding hydrogens is 356 g/mol. The highest BCUT2D eigenvalue weighted by Crippen LogP contribution is 2.18. The van der Waals surface area contributed by atoms with Crippen LogP contribution < -0.4 is 15.7 Å². The second kappa shape index (κ2) is 8.27. The number of amides is 1. The Hall–Kier alpha value is -3.12. The predicted octanol–water partition coefficient (Wildman–Crippen LogP) is 3.52. The van der Waals surface area contributed by atoms with Gasteiger partial charge in [0.1, 0.15) is 23.5 Å². The molecule has 1 aromatic heterocycles. The maximum absolute atomic E-state index is 12.5. The summed E-state index contributed by atoms with van der Waals surface area (Å²) in [6.45, 7) is 3.87. The van der Waals surface area contributed by atoms with E-state index >= 15 is 0 Å². The summed E-state index contributed by atoms with van der Waals surface area (Å²) in [6, 6.07) is 15.8. The van der Waals surface area contributed by atoms with E-state index in [2.05, 4.69) is 10.2 Å². The molecule has 4 rings (SSSR count). The van der Waals surface area contributed by atoms with Crippen LogP contribution in [0.5, 0.6) is 5.75 Å². The summed E-state index contributed by atoms with van der Waals surface area (Å²) >= 11 is 0. The Morgan fingerprint density at radius 3 is 2.61 bits per heavy atom. The number of hydrogen-bond donors (Lipinski definition) is 1. The fraction of sp³-hybridized carbons (Fsp3) is 0.273. The number of hydrogen-bond acceptors (Lipinski definition) is 5. The molecule has 1 saturated heterocycles. The molecule has 6 nitrogen and oxygen atoms in total. The van der Waals surface area contributed by atoms with Gasteiger partial charge in [-0.1, -0.05) is 18.2 Å². The Balaban J connectivity index is 1.38. The standard InChI is InChI=1S/C22H22N2O4/c25-21(19-15-16-5-1-2-6-20(16)28-22(19)26)23-17-7-9-18(10-8-17)27-14-13-24-11-3-4-12-24/h1-2,5-10,15H,3-4,11-14H2,(H,23,25). The Bertz CT molecular complexity index is 1020. The Morgan fingerprint density at radius 1 is 1.07 bits per heavy atom. The number of anilines is 1. The van der Waals surface area contributed by atoms with Gasteiger partial charge in [-0.05, 0) is 62.3 Å². The topological polar surface area (TPSA) is 71.8 Å². The summed E-state index contributed by atoms with van der Waals surface area (Å²) in [6.07, 6.45) is 2.54.